The Kier molecular flexibility index (Phi) is 12.2. The maximum Gasteiger partial charge on any atom is 0.306 e. The van der Waals surface area contributed by atoms with Gasteiger partial charge in [0, 0.05) is 24.4 Å². The summed E-state index contributed by atoms with van der Waals surface area (Å²) in [6, 6.07) is 20.0. The number of nitrogens with two attached hydrogens (primary N) is 1. The fourth-order valence-electron chi connectivity index (χ4n) is 5.76. The molecule has 7 nitrogen and oxygen atoms in total. The zero-order chi connectivity index (χ0) is 34.9. The van der Waals surface area contributed by atoms with Gasteiger partial charge in [-0.3, -0.25) is 9.59 Å². The number of para-hydroxylation sites is 1. The first-order chi connectivity index (χ1) is 23.6. The summed E-state index contributed by atoms with van der Waals surface area (Å²) in [6.07, 6.45) is -0.547. The van der Waals surface area contributed by atoms with Crippen LogP contribution >= 0.6 is 0 Å². The molecule has 0 unspecified atom stereocenters. The molecule has 1 heterocycles. The third-order valence-electron chi connectivity index (χ3n) is 8.54. The minimum Gasteiger partial charge on any atom is -0.487 e. The molecule has 1 aliphatic heterocycles. The number of Topliss-reactive ketones (excluding diaryl/α,β-unsaturated/α-hetero) is 1. The van der Waals surface area contributed by atoms with Gasteiger partial charge in [0.25, 0.3) is 0 Å². The van der Waals surface area contributed by atoms with Crippen molar-refractivity contribution in [2.24, 2.45) is 5.73 Å². The van der Waals surface area contributed by atoms with Crippen molar-refractivity contribution < 1.29 is 41.4 Å². The van der Waals surface area contributed by atoms with Crippen LogP contribution < -0.4 is 15.8 Å². The molecule has 0 aliphatic carbocycles. The van der Waals surface area contributed by atoms with Gasteiger partial charge in [0.15, 0.2) is 17.3 Å². The molecule has 3 N–H and O–H groups in total. The predicted molar refractivity (Wildman–Crippen MR) is 175 cm³/mol. The van der Waals surface area contributed by atoms with Crippen LogP contribution in [0.4, 0.5) is 17.6 Å². The Morgan fingerprint density at radius 2 is 1.41 bits per heavy atom. The summed E-state index contributed by atoms with van der Waals surface area (Å²) in [4.78, 5) is 25.9. The smallest absolute Gasteiger partial charge is 0.306 e. The maximum absolute atomic E-state index is 15.0. The van der Waals surface area contributed by atoms with E-state index in [0.717, 1.165) is 5.56 Å². The number of carbonyl (C=O) groups is 2. The molecule has 0 saturated carbocycles. The van der Waals surface area contributed by atoms with Gasteiger partial charge in [-0.2, -0.15) is 0 Å². The van der Waals surface area contributed by atoms with Gasteiger partial charge in [-0.05, 0) is 65.1 Å². The van der Waals surface area contributed by atoms with Gasteiger partial charge in [-0.1, -0.05) is 55.5 Å². The fourth-order valence-corrected chi connectivity index (χ4v) is 5.76. The number of hydrogen-bond acceptors (Lipinski definition) is 7. The number of benzene rings is 4. The topological polar surface area (TPSA) is 99.9 Å². The van der Waals surface area contributed by atoms with Gasteiger partial charge in [-0.15, -0.1) is 0 Å². The second-order valence-electron chi connectivity index (χ2n) is 12.2. The van der Waals surface area contributed by atoms with E-state index in [4.69, 9.17) is 19.9 Å². The molecule has 0 amide bonds. The number of ether oxygens (including phenoxy) is 3. The largest absolute Gasteiger partial charge is 0.487 e. The second-order valence-corrected chi connectivity index (χ2v) is 12.2. The standard InChI is InChI=1S/C38H38F4N2O5/c1-23(24-5-11-28(39)12-6-24)17-35(46)48-21-31-20-47-32(19-44-31)22-49-38-27(3-2-4-33(38)42)18-34(45)37(43)36(25-7-13-29(40)14-8-25)26-9-15-30(41)16-10-26/h2-16,23,31-32,36-37,44H,17-22,43H2,1H3/t23-,31+,32+,37-/m1/s1. The van der Waals surface area contributed by atoms with Gasteiger partial charge < -0.3 is 25.3 Å². The summed E-state index contributed by atoms with van der Waals surface area (Å²) in [7, 11) is 0. The van der Waals surface area contributed by atoms with Crippen molar-refractivity contribution in [2.45, 2.75) is 49.8 Å². The number of carbonyl (C=O) groups excluding carboxylic acids is 2. The molecule has 258 valence electrons. The molecule has 0 spiro atoms. The van der Waals surface area contributed by atoms with Crippen molar-refractivity contribution in [1.29, 1.82) is 0 Å². The SMILES string of the molecule is C[C@H](CC(=O)OC[C@@H]1CO[C@H](COc2c(F)cccc2CC(=O)[C@@H](N)C(c2ccc(F)cc2)c2ccc(F)cc2)CN1)c1ccc(F)cc1. The molecule has 49 heavy (non-hydrogen) atoms. The van der Waals surface area contributed by atoms with Crippen LogP contribution in [0.3, 0.4) is 0 Å². The number of rotatable bonds is 14. The number of hydrogen-bond donors (Lipinski definition) is 2. The van der Waals surface area contributed by atoms with Gasteiger partial charge in [0.1, 0.15) is 36.8 Å². The molecule has 0 bridgehead atoms. The number of nitrogens with one attached hydrogen (secondary N) is 1. The number of esters is 1. The molecular weight excluding hydrogens is 640 g/mol. The summed E-state index contributed by atoms with van der Waals surface area (Å²) in [6.45, 7) is 2.51. The average molecular weight is 679 g/mol. The Hall–Kier alpha value is -4.58. The van der Waals surface area contributed by atoms with E-state index in [1.807, 2.05) is 6.92 Å². The van der Waals surface area contributed by atoms with Crippen LogP contribution in [0.15, 0.2) is 91.0 Å². The number of halogens is 4. The highest BCUT2D eigenvalue weighted by molar-refractivity contribution is 5.88. The normalized spacial score (nSPS) is 17.4. The molecule has 1 saturated heterocycles. The van der Waals surface area contributed by atoms with Crippen molar-refractivity contribution in [2.75, 3.05) is 26.4 Å². The molecule has 11 heteroatoms. The summed E-state index contributed by atoms with van der Waals surface area (Å²) in [5.41, 5.74) is 8.76. The first-order valence-corrected chi connectivity index (χ1v) is 16.0. The summed E-state index contributed by atoms with van der Waals surface area (Å²) < 4.78 is 72.7. The molecule has 5 rings (SSSR count). The first-order valence-electron chi connectivity index (χ1n) is 16.0. The van der Waals surface area contributed by atoms with Crippen molar-refractivity contribution in [3.8, 4) is 5.75 Å². The highest BCUT2D eigenvalue weighted by Gasteiger charge is 2.30. The quantitative estimate of drug-likeness (QED) is 0.125. The lowest BCUT2D eigenvalue weighted by molar-refractivity contribution is -0.146. The fraction of sp³-hybridized carbons (Fsp3) is 0.316. The number of ketones is 1. The van der Waals surface area contributed by atoms with Crippen LogP contribution in [-0.4, -0.2) is 56.3 Å². The van der Waals surface area contributed by atoms with Gasteiger partial charge in [0.2, 0.25) is 0 Å². The van der Waals surface area contributed by atoms with Crippen LogP contribution in [0.1, 0.15) is 47.4 Å². The zero-order valence-electron chi connectivity index (χ0n) is 26.9. The van der Waals surface area contributed by atoms with E-state index in [-0.39, 0.29) is 62.2 Å². The predicted octanol–water partition coefficient (Wildman–Crippen LogP) is 5.99. The monoisotopic (exact) mass is 678 g/mol. The Morgan fingerprint density at radius 3 is 1.96 bits per heavy atom. The van der Waals surface area contributed by atoms with Gasteiger partial charge in [-0.25, -0.2) is 17.6 Å². The molecule has 4 aromatic carbocycles. The first kappa shape index (κ1) is 35.7. The Bertz CT molecular complexity index is 1650. The van der Waals surface area contributed by atoms with E-state index in [9.17, 15) is 22.8 Å². The molecule has 4 atom stereocenters. The third kappa shape index (κ3) is 9.75. The highest BCUT2D eigenvalue weighted by Crippen LogP contribution is 2.31. The zero-order valence-corrected chi connectivity index (χ0v) is 26.9. The molecule has 1 fully saturated rings. The molecule has 0 aromatic heterocycles. The van der Waals surface area contributed by atoms with Crippen LogP contribution in [0.2, 0.25) is 0 Å². The van der Waals surface area contributed by atoms with Crippen molar-refractivity contribution >= 4 is 11.8 Å². The van der Waals surface area contributed by atoms with Crippen LogP contribution in [0, 0.1) is 23.3 Å². The van der Waals surface area contributed by atoms with E-state index in [2.05, 4.69) is 5.32 Å². The Labute approximate surface area is 282 Å². The van der Waals surface area contributed by atoms with Crippen molar-refractivity contribution in [1.82, 2.24) is 5.32 Å². The van der Waals surface area contributed by atoms with Gasteiger partial charge >= 0.3 is 5.97 Å². The van der Waals surface area contributed by atoms with Crippen molar-refractivity contribution in [3.63, 3.8) is 0 Å². The highest BCUT2D eigenvalue weighted by atomic mass is 19.1. The average Bonchev–Trinajstić information content (AvgIpc) is 3.09. The Balaban J connectivity index is 1.14. The maximum atomic E-state index is 15.0. The lowest BCUT2D eigenvalue weighted by Gasteiger charge is -2.30. The minimum absolute atomic E-state index is 0.0172. The van der Waals surface area contributed by atoms with E-state index >= 15 is 4.39 Å². The second kappa shape index (κ2) is 16.7. The third-order valence-corrected chi connectivity index (χ3v) is 8.54. The van der Waals surface area contributed by atoms with Gasteiger partial charge in [0.05, 0.1) is 25.1 Å². The van der Waals surface area contributed by atoms with E-state index in [0.29, 0.717) is 23.2 Å². The Morgan fingerprint density at radius 1 is 0.837 bits per heavy atom. The minimum atomic E-state index is -1.12. The van der Waals surface area contributed by atoms with Crippen molar-refractivity contribution in [3.05, 3.63) is 137 Å². The summed E-state index contributed by atoms with van der Waals surface area (Å²) in [5, 5.41) is 3.24. The summed E-state index contributed by atoms with van der Waals surface area (Å²) in [5.74, 6) is -3.65. The number of morpholine rings is 1. The van der Waals surface area contributed by atoms with Crippen LogP contribution in [0.25, 0.3) is 0 Å². The van der Waals surface area contributed by atoms with Crippen LogP contribution in [0.5, 0.6) is 5.75 Å². The van der Waals surface area contributed by atoms with Crippen LogP contribution in [-0.2, 0) is 25.5 Å². The molecule has 0 radical (unpaired) electrons. The lowest BCUT2D eigenvalue weighted by atomic mass is 9.82. The molecule has 4 aromatic rings. The van der Waals surface area contributed by atoms with E-state index < -0.39 is 41.3 Å². The van der Waals surface area contributed by atoms with E-state index in [1.54, 1.807) is 18.2 Å². The molecular formula is C38H38F4N2O5. The summed E-state index contributed by atoms with van der Waals surface area (Å²) >= 11 is 0. The molecule has 1 aliphatic rings. The lowest BCUT2D eigenvalue weighted by Crippen LogP contribution is -2.50. The van der Waals surface area contributed by atoms with E-state index in [1.165, 1.54) is 72.8 Å².